The van der Waals surface area contributed by atoms with Gasteiger partial charge in [-0.2, -0.15) is 4.98 Å². The zero-order chi connectivity index (χ0) is 15.4. The highest BCUT2D eigenvalue weighted by atomic mass is 16.5. The Morgan fingerprint density at radius 2 is 1.86 bits per heavy atom. The van der Waals surface area contributed by atoms with Gasteiger partial charge in [0.1, 0.15) is 0 Å². The minimum absolute atomic E-state index is 0.590. The first-order valence-electron chi connectivity index (χ1n) is 7.41. The van der Waals surface area contributed by atoms with E-state index in [1.54, 1.807) is 0 Å². The van der Waals surface area contributed by atoms with Crippen molar-refractivity contribution in [1.29, 1.82) is 0 Å². The third kappa shape index (κ3) is 3.34. The molecular weight excluding hydrogens is 274 g/mol. The van der Waals surface area contributed by atoms with E-state index in [2.05, 4.69) is 41.4 Å². The Balaban J connectivity index is 1.64. The number of benzene rings is 2. The predicted molar refractivity (Wildman–Crippen MR) is 87.8 cm³/mol. The third-order valence-corrected chi connectivity index (χ3v) is 3.53. The highest BCUT2D eigenvalue weighted by Gasteiger charge is 2.11. The van der Waals surface area contributed by atoms with Crippen molar-refractivity contribution in [3.05, 3.63) is 65.5 Å². The van der Waals surface area contributed by atoms with Crippen molar-refractivity contribution in [3.63, 3.8) is 0 Å². The predicted octanol–water partition coefficient (Wildman–Crippen LogP) is 4.01. The van der Waals surface area contributed by atoms with Crippen LogP contribution in [0.1, 0.15) is 17.0 Å². The zero-order valence-corrected chi connectivity index (χ0v) is 12.8. The maximum atomic E-state index is 5.39. The van der Waals surface area contributed by atoms with Crippen LogP contribution < -0.4 is 5.32 Å². The average Bonchev–Trinajstić information content (AvgIpc) is 2.97. The summed E-state index contributed by atoms with van der Waals surface area (Å²) in [5, 5.41) is 7.40. The van der Waals surface area contributed by atoms with Gasteiger partial charge in [-0.05, 0) is 37.6 Å². The molecule has 1 aromatic heterocycles. The molecule has 0 unspecified atom stereocenters. The minimum Gasteiger partial charge on any atom is -0.385 e. The van der Waals surface area contributed by atoms with Crippen LogP contribution in [0.3, 0.4) is 0 Å². The number of hydrogen-bond acceptors (Lipinski definition) is 4. The van der Waals surface area contributed by atoms with E-state index >= 15 is 0 Å². The van der Waals surface area contributed by atoms with Crippen molar-refractivity contribution in [2.75, 3.05) is 11.9 Å². The Kier molecular flexibility index (Phi) is 4.19. The summed E-state index contributed by atoms with van der Waals surface area (Å²) < 4.78 is 5.39. The van der Waals surface area contributed by atoms with Crippen LogP contribution in [0.15, 0.2) is 53.1 Å². The lowest BCUT2D eigenvalue weighted by Crippen LogP contribution is -2.05. The average molecular weight is 293 g/mol. The van der Waals surface area contributed by atoms with Crippen molar-refractivity contribution in [2.24, 2.45) is 0 Å². The maximum Gasteiger partial charge on any atom is 0.258 e. The highest BCUT2D eigenvalue weighted by Crippen LogP contribution is 2.22. The molecular formula is C18H19N3O. The van der Waals surface area contributed by atoms with Gasteiger partial charge in [0.25, 0.3) is 5.89 Å². The van der Waals surface area contributed by atoms with Crippen molar-refractivity contribution < 1.29 is 4.52 Å². The molecule has 4 nitrogen and oxygen atoms in total. The Bertz CT molecular complexity index is 750. The molecule has 112 valence electrons. The van der Waals surface area contributed by atoms with E-state index in [1.165, 1.54) is 5.56 Å². The number of hydrogen-bond donors (Lipinski definition) is 1. The van der Waals surface area contributed by atoms with Crippen LogP contribution in [-0.4, -0.2) is 16.7 Å². The molecule has 0 aliphatic carbocycles. The molecule has 0 radical (unpaired) electrons. The SMILES string of the molecule is Cc1ccc(-c2nc(CCNc3ccccc3)no2)c(C)c1. The number of rotatable bonds is 5. The molecule has 0 spiro atoms. The first-order valence-corrected chi connectivity index (χ1v) is 7.41. The first kappa shape index (κ1) is 14.3. The molecule has 0 aliphatic heterocycles. The fourth-order valence-electron chi connectivity index (χ4n) is 2.39. The second kappa shape index (κ2) is 6.43. The number of anilines is 1. The van der Waals surface area contributed by atoms with Gasteiger partial charge < -0.3 is 9.84 Å². The van der Waals surface area contributed by atoms with Gasteiger partial charge in [-0.3, -0.25) is 0 Å². The molecule has 2 aromatic carbocycles. The van der Waals surface area contributed by atoms with Crippen LogP contribution in [0.2, 0.25) is 0 Å². The standard InChI is InChI=1S/C18H19N3O/c1-13-8-9-16(14(2)12-13)18-20-17(21-22-18)10-11-19-15-6-4-3-5-7-15/h3-9,12,19H,10-11H2,1-2H3. The molecule has 0 amide bonds. The summed E-state index contributed by atoms with van der Waals surface area (Å²) in [5.41, 5.74) is 4.48. The van der Waals surface area contributed by atoms with E-state index in [0.29, 0.717) is 5.89 Å². The van der Waals surface area contributed by atoms with Gasteiger partial charge in [-0.25, -0.2) is 0 Å². The number of nitrogens with zero attached hydrogens (tertiary/aromatic N) is 2. The van der Waals surface area contributed by atoms with Gasteiger partial charge >= 0.3 is 0 Å². The molecule has 0 saturated carbocycles. The summed E-state index contributed by atoms with van der Waals surface area (Å²) in [6, 6.07) is 16.3. The largest absolute Gasteiger partial charge is 0.385 e. The van der Waals surface area contributed by atoms with Gasteiger partial charge in [0.15, 0.2) is 5.82 Å². The van der Waals surface area contributed by atoms with Crippen LogP contribution in [0.5, 0.6) is 0 Å². The summed E-state index contributed by atoms with van der Waals surface area (Å²) in [6.07, 6.45) is 0.725. The first-order chi connectivity index (χ1) is 10.7. The number of aromatic nitrogens is 2. The lowest BCUT2D eigenvalue weighted by atomic mass is 10.1. The summed E-state index contributed by atoms with van der Waals surface area (Å²) in [7, 11) is 0. The van der Waals surface area contributed by atoms with E-state index in [0.717, 1.165) is 35.6 Å². The van der Waals surface area contributed by atoms with Crippen LogP contribution in [0, 0.1) is 13.8 Å². The minimum atomic E-state index is 0.590. The van der Waals surface area contributed by atoms with Crippen LogP contribution >= 0.6 is 0 Å². The second-order valence-electron chi connectivity index (χ2n) is 5.38. The molecule has 3 rings (SSSR count). The number of para-hydroxylation sites is 1. The molecule has 0 aliphatic rings. The molecule has 4 heteroatoms. The Labute approximate surface area is 130 Å². The molecule has 22 heavy (non-hydrogen) atoms. The Morgan fingerprint density at radius 3 is 2.64 bits per heavy atom. The third-order valence-electron chi connectivity index (χ3n) is 3.53. The van der Waals surface area contributed by atoms with Crippen molar-refractivity contribution in [2.45, 2.75) is 20.3 Å². The van der Waals surface area contributed by atoms with E-state index in [4.69, 9.17) is 4.52 Å². The topological polar surface area (TPSA) is 51.0 Å². The normalized spacial score (nSPS) is 10.6. The molecule has 0 fully saturated rings. The maximum absolute atomic E-state index is 5.39. The van der Waals surface area contributed by atoms with E-state index in [9.17, 15) is 0 Å². The highest BCUT2D eigenvalue weighted by molar-refractivity contribution is 5.58. The second-order valence-corrected chi connectivity index (χ2v) is 5.38. The Hall–Kier alpha value is -2.62. The smallest absolute Gasteiger partial charge is 0.258 e. The summed E-state index contributed by atoms with van der Waals surface area (Å²) in [5.74, 6) is 1.31. The summed E-state index contributed by atoms with van der Waals surface area (Å²) in [4.78, 5) is 4.48. The molecule has 1 heterocycles. The van der Waals surface area contributed by atoms with Crippen LogP contribution in [0.25, 0.3) is 11.5 Å². The van der Waals surface area contributed by atoms with Gasteiger partial charge in [-0.15, -0.1) is 0 Å². The van der Waals surface area contributed by atoms with E-state index in [1.807, 2.05) is 36.4 Å². The quantitative estimate of drug-likeness (QED) is 0.772. The van der Waals surface area contributed by atoms with Crippen molar-refractivity contribution >= 4 is 5.69 Å². The van der Waals surface area contributed by atoms with Crippen molar-refractivity contribution in [1.82, 2.24) is 10.1 Å². The molecule has 0 saturated heterocycles. The van der Waals surface area contributed by atoms with Gasteiger partial charge in [0.05, 0.1) is 0 Å². The molecule has 1 N–H and O–H groups in total. The summed E-state index contributed by atoms with van der Waals surface area (Å²) >= 11 is 0. The molecule has 0 atom stereocenters. The Morgan fingerprint density at radius 1 is 1.05 bits per heavy atom. The lowest BCUT2D eigenvalue weighted by molar-refractivity contribution is 0.422. The van der Waals surface area contributed by atoms with Crippen LogP contribution in [0.4, 0.5) is 5.69 Å². The van der Waals surface area contributed by atoms with Crippen LogP contribution in [-0.2, 0) is 6.42 Å². The van der Waals surface area contributed by atoms with Gasteiger partial charge in [-0.1, -0.05) is 41.1 Å². The molecule has 3 aromatic rings. The molecule has 0 bridgehead atoms. The van der Waals surface area contributed by atoms with Gasteiger partial charge in [0.2, 0.25) is 0 Å². The number of nitrogens with one attached hydrogen (secondary N) is 1. The lowest BCUT2D eigenvalue weighted by Gasteiger charge is -2.03. The van der Waals surface area contributed by atoms with Crippen molar-refractivity contribution in [3.8, 4) is 11.5 Å². The number of aryl methyl sites for hydroxylation is 2. The zero-order valence-electron chi connectivity index (χ0n) is 12.8. The fourth-order valence-corrected chi connectivity index (χ4v) is 2.39. The monoisotopic (exact) mass is 293 g/mol. The summed E-state index contributed by atoms with van der Waals surface area (Å²) in [6.45, 7) is 4.91. The van der Waals surface area contributed by atoms with E-state index in [-0.39, 0.29) is 0 Å². The fraction of sp³-hybridized carbons (Fsp3) is 0.222. The van der Waals surface area contributed by atoms with E-state index < -0.39 is 0 Å². The van der Waals surface area contributed by atoms with Gasteiger partial charge in [0, 0.05) is 24.2 Å².